The lowest BCUT2D eigenvalue weighted by Crippen LogP contribution is -1.78. The van der Waals surface area contributed by atoms with Gasteiger partial charge >= 0.3 is 0 Å². The zero-order chi connectivity index (χ0) is 7.84. The lowest BCUT2D eigenvalue weighted by atomic mass is 10.3. The zero-order valence-corrected chi connectivity index (χ0v) is 9.90. The fraction of sp³-hybridized carbons (Fsp3) is 0. The van der Waals surface area contributed by atoms with Crippen molar-refractivity contribution in [1.29, 1.82) is 0 Å². The van der Waals surface area contributed by atoms with Gasteiger partial charge in [0, 0.05) is 5.39 Å². The molecule has 0 saturated carbocycles. The van der Waals surface area contributed by atoms with E-state index in [9.17, 15) is 0 Å². The molecular formula is C8H5I2N. The standard InChI is InChI=1S/C8H5I2N/c9-8-5-6-3-1-2-4-7(6)11(8)10/h1-5H. The van der Waals surface area contributed by atoms with Gasteiger partial charge in [-0.1, -0.05) is 18.2 Å². The molecule has 0 atom stereocenters. The van der Waals surface area contributed by atoms with Crippen LogP contribution >= 0.6 is 45.5 Å². The third-order valence-electron chi connectivity index (χ3n) is 1.61. The van der Waals surface area contributed by atoms with Gasteiger partial charge in [0.1, 0.15) is 0 Å². The van der Waals surface area contributed by atoms with Gasteiger partial charge in [-0.15, -0.1) is 0 Å². The van der Waals surface area contributed by atoms with Crippen LogP contribution in [-0.4, -0.2) is 2.78 Å². The number of halogens is 2. The number of benzene rings is 1. The molecule has 1 nitrogen and oxygen atoms in total. The van der Waals surface area contributed by atoms with E-state index in [-0.39, 0.29) is 0 Å². The Balaban J connectivity index is 2.92. The molecule has 0 unspecified atom stereocenters. The van der Waals surface area contributed by atoms with Gasteiger partial charge in [-0.3, -0.25) is 2.78 Å². The lowest BCUT2D eigenvalue weighted by Gasteiger charge is -1.92. The summed E-state index contributed by atoms with van der Waals surface area (Å²) in [7, 11) is 0. The molecule has 0 fully saturated rings. The van der Waals surface area contributed by atoms with Crippen molar-refractivity contribution in [2.75, 3.05) is 0 Å². The van der Waals surface area contributed by atoms with Crippen LogP contribution in [0.2, 0.25) is 0 Å². The molecule has 0 radical (unpaired) electrons. The van der Waals surface area contributed by atoms with Crippen LogP contribution < -0.4 is 0 Å². The number of para-hydroxylation sites is 1. The summed E-state index contributed by atoms with van der Waals surface area (Å²) in [5.41, 5.74) is 1.29. The second-order valence-electron chi connectivity index (χ2n) is 2.31. The highest BCUT2D eigenvalue weighted by Crippen LogP contribution is 2.22. The van der Waals surface area contributed by atoms with Gasteiger partial charge in [0.25, 0.3) is 0 Å². The summed E-state index contributed by atoms with van der Waals surface area (Å²) in [4.78, 5) is 0. The van der Waals surface area contributed by atoms with Crippen molar-refractivity contribution >= 4 is 56.4 Å². The van der Waals surface area contributed by atoms with Crippen molar-refractivity contribution in [1.82, 2.24) is 2.78 Å². The number of aromatic nitrogens is 1. The molecule has 0 spiro atoms. The molecule has 0 saturated heterocycles. The molecule has 56 valence electrons. The van der Waals surface area contributed by atoms with Gasteiger partial charge in [-0.2, -0.15) is 0 Å². The van der Waals surface area contributed by atoms with E-state index in [0.29, 0.717) is 0 Å². The average Bonchev–Trinajstić information content (AvgIpc) is 2.30. The van der Waals surface area contributed by atoms with Gasteiger partial charge in [0.2, 0.25) is 0 Å². The highest BCUT2D eigenvalue weighted by molar-refractivity contribution is 14.1. The summed E-state index contributed by atoms with van der Waals surface area (Å²) in [5, 5.41) is 1.31. The molecule has 0 N–H and O–H groups in total. The first kappa shape index (κ1) is 7.85. The van der Waals surface area contributed by atoms with Gasteiger partial charge in [-0.05, 0) is 34.7 Å². The van der Waals surface area contributed by atoms with Gasteiger partial charge in [0.15, 0.2) is 0 Å². The minimum atomic E-state index is 1.27. The topological polar surface area (TPSA) is 4.93 Å². The maximum Gasteiger partial charge on any atom is 0.0902 e. The third kappa shape index (κ3) is 1.28. The van der Waals surface area contributed by atoms with E-state index < -0.39 is 0 Å². The van der Waals surface area contributed by atoms with E-state index in [4.69, 9.17) is 0 Å². The maximum atomic E-state index is 2.33. The highest BCUT2D eigenvalue weighted by Gasteiger charge is 2.01. The van der Waals surface area contributed by atoms with E-state index in [2.05, 4.69) is 78.6 Å². The quantitative estimate of drug-likeness (QED) is 0.628. The first-order valence-corrected chi connectivity index (χ1v) is 5.25. The van der Waals surface area contributed by atoms with Crippen LogP contribution in [0.15, 0.2) is 30.3 Å². The maximum absolute atomic E-state index is 2.33. The van der Waals surface area contributed by atoms with Crippen LogP contribution in [0.25, 0.3) is 10.9 Å². The molecule has 0 amide bonds. The van der Waals surface area contributed by atoms with Crippen LogP contribution in [0.5, 0.6) is 0 Å². The molecule has 0 aliphatic carbocycles. The van der Waals surface area contributed by atoms with Crippen molar-refractivity contribution in [3.8, 4) is 0 Å². The Labute approximate surface area is 92.4 Å². The Hall–Kier alpha value is 0.220. The molecule has 1 heterocycles. The number of hydrogen-bond donors (Lipinski definition) is 0. The molecule has 11 heavy (non-hydrogen) atoms. The molecule has 1 aromatic heterocycles. The normalized spacial score (nSPS) is 10.7. The number of rotatable bonds is 0. The van der Waals surface area contributed by atoms with E-state index in [1.807, 2.05) is 0 Å². The minimum Gasteiger partial charge on any atom is -0.277 e. The monoisotopic (exact) mass is 369 g/mol. The molecule has 0 aliphatic rings. The number of hydrogen-bond acceptors (Lipinski definition) is 0. The second kappa shape index (κ2) is 2.93. The summed E-state index contributed by atoms with van der Waals surface area (Å²) in [6.07, 6.45) is 0. The lowest BCUT2D eigenvalue weighted by molar-refractivity contribution is 1.36. The largest absolute Gasteiger partial charge is 0.277 e. The van der Waals surface area contributed by atoms with Crippen LogP contribution in [0, 0.1) is 3.70 Å². The SMILES string of the molecule is Ic1cc2ccccc2n1I. The fourth-order valence-corrected chi connectivity index (χ4v) is 2.26. The predicted molar refractivity (Wildman–Crippen MR) is 64.1 cm³/mol. The van der Waals surface area contributed by atoms with Gasteiger partial charge < -0.3 is 0 Å². The number of nitrogens with zero attached hydrogens (tertiary/aromatic N) is 1. The fourth-order valence-electron chi connectivity index (χ4n) is 1.09. The van der Waals surface area contributed by atoms with Crippen LogP contribution in [0.3, 0.4) is 0 Å². The third-order valence-corrected chi connectivity index (χ3v) is 4.37. The van der Waals surface area contributed by atoms with Gasteiger partial charge in [0.05, 0.1) is 32.1 Å². The van der Waals surface area contributed by atoms with Crippen LogP contribution in [0.1, 0.15) is 0 Å². The van der Waals surface area contributed by atoms with Crippen LogP contribution in [0.4, 0.5) is 0 Å². The average molecular weight is 369 g/mol. The minimum absolute atomic E-state index is 1.27. The summed E-state index contributed by atoms with van der Waals surface area (Å²) in [5.74, 6) is 0. The van der Waals surface area contributed by atoms with Gasteiger partial charge in [-0.25, -0.2) is 0 Å². The van der Waals surface area contributed by atoms with E-state index in [1.54, 1.807) is 0 Å². The Morgan fingerprint density at radius 3 is 2.64 bits per heavy atom. The Kier molecular flexibility index (Phi) is 2.09. The molecule has 2 rings (SSSR count). The number of fused-ring (bicyclic) bond motifs is 1. The highest BCUT2D eigenvalue weighted by atomic mass is 127. The summed E-state index contributed by atoms with van der Waals surface area (Å²) in [6, 6.07) is 10.6. The molecule has 1 aromatic carbocycles. The summed E-state index contributed by atoms with van der Waals surface area (Å²) >= 11 is 4.64. The Morgan fingerprint density at radius 1 is 1.18 bits per heavy atom. The van der Waals surface area contributed by atoms with Crippen molar-refractivity contribution < 1.29 is 0 Å². The molecule has 3 heteroatoms. The molecule has 0 bridgehead atoms. The summed E-state index contributed by atoms with van der Waals surface area (Å²) in [6.45, 7) is 0. The predicted octanol–water partition coefficient (Wildman–Crippen LogP) is 3.44. The first-order valence-electron chi connectivity index (χ1n) is 3.21. The summed E-state index contributed by atoms with van der Waals surface area (Å²) < 4.78 is 3.43. The first-order chi connectivity index (χ1) is 5.29. The van der Waals surface area contributed by atoms with Crippen molar-refractivity contribution in [3.63, 3.8) is 0 Å². The Bertz CT molecular complexity index is 392. The molecular weight excluding hydrogens is 364 g/mol. The smallest absolute Gasteiger partial charge is 0.0902 e. The Morgan fingerprint density at radius 2 is 1.91 bits per heavy atom. The molecule has 0 aliphatic heterocycles. The van der Waals surface area contributed by atoms with E-state index >= 15 is 0 Å². The van der Waals surface area contributed by atoms with E-state index in [1.165, 1.54) is 14.6 Å². The molecule has 2 aromatic rings. The zero-order valence-electron chi connectivity index (χ0n) is 5.59. The van der Waals surface area contributed by atoms with Crippen molar-refractivity contribution in [3.05, 3.63) is 34.0 Å². The van der Waals surface area contributed by atoms with E-state index in [0.717, 1.165) is 0 Å². The van der Waals surface area contributed by atoms with Crippen molar-refractivity contribution in [2.24, 2.45) is 0 Å². The second-order valence-corrected chi connectivity index (χ2v) is 4.38. The van der Waals surface area contributed by atoms with Crippen LogP contribution in [-0.2, 0) is 0 Å². The van der Waals surface area contributed by atoms with Crippen molar-refractivity contribution in [2.45, 2.75) is 0 Å².